The molecular weight excluding hydrogens is 194 g/mol. The first-order valence-corrected chi connectivity index (χ1v) is 4.49. The van der Waals surface area contributed by atoms with Crippen LogP contribution in [0.2, 0.25) is 0 Å². The number of nitrogens with one attached hydrogen (secondary N) is 1. The van der Waals surface area contributed by atoms with Crippen LogP contribution in [0.1, 0.15) is 5.56 Å². The summed E-state index contributed by atoms with van der Waals surface area (Å²) in [5.74, 6) is 5.03. The minimum Gasteiger partial charge on any atom is -0.312 e. The van der Waals surface area contributed by atoms with Gasteiger partial charge in [0.05, 0.1) is 12.3 Å². The van der Waals surface area contributed by atoms with Crippen LogP contribution in [0.15, 0.2) is 41.5 Å². The molecule has 5 heteroatoms. The fraction of sp³-hybridized carbons (Fsp3) is 0.100. The highest BCUT2D eigenvalue weighted by Gasteiger charge is 2.05. The fourth-order valence-corrected chi connectivity index (χ4v) is 1.47. The summed E-state index contributed by atoms with van der Waals surface area (Å²) in [6.45, 7) is 0.272. The Kier molecular flexibility index (Phi) is 2.66. The van der Waals surface area contributed by atoms with Gasteiger partial charge in [0.15, 0.2) is 0 Å². The fourth-order valence-electron chi connectivity index (χ4n) is 1.47. The lowest BCUT2D eigenvalue weighted by atomic mass is 10.2. The van der Waals surface area contributed by atoms with Gasteiger partial charge in [-0.25, -0.2) is 10.7 Å². The smallest absolute Gasteiger partial charge is 0.312 e. The van der Waals surface area contributed by atoms with Crippen molar-refractivity contribution in [3.05, 3.63) is 52.7 Å². The van der Waals surface area contributed by atoms with Gasteiger partial charge < -0.3 is 4.98 Å². The van der Waals surface area contributed by atoms with Crippen LogP contribution in [0.5, 0.6) is 0 Å². The van der Waals surface area contributed by atoms with Gasteiger partial charge in [0.2, 0.25) is 0 Å². The van der Waals surface area contributed by atoms with Gasteiger partial charge in [-0.15, -0.1) is 0 Å². The maximum atomic E-state index is 11.4. The largest absolute Gasteiger partial charge is 0.330 e. The van der Waals surface area contributed by atoms with Crippen LogP contribution in [0.25, 0.3) is 5.69 Å². The van der Waals surface area contributed by atoms with Crippen molar-refractivity contribution in [3.63, 3.8) is 0 Å². The number of imidazole rings is 1. The number of nitrogens with zero attached hydrogens (tertiary/aromatic N) is 1. The third-order valence-electron chi connectivity index (χ3n) is 2.14. The summed E-state index contributed by atoms with van der Waals surface area (Å²) in [6, 6.07) is 7.43. The average Bonchev–Trinajstić information content (AvgIpc) is 2.66. The Morgan fingerprint density at radius 1 is 1.40 bits per heavy atom. The molecule has 0 aliphatic rings. The lowest BCUT2D eigenvalue weighted by Crippen LogP contribution is -2.16. The van der Waals surface area contributed by atoms with E-state index in [9.17, 15) is 4.79 Å². The van der Waals surface area contributed by atoms with Gasteiger partial charge in [0.25, 0.3) is 0 Å². The third-order valence-corrected chi connectivity index (χ3v) is 2.14. The second kappa shape index (κ2) is 4.12. The molecule has 0 radical (unpaired) electrons. The van der Waals surface area contributed by atoms with Crippen LogP contribution in [-0.4, -0.2) is 9.55 Å². The summed E-state index contributed by atoms with van der Waals surface area (Å²) >= 11 is 0. The highest BCUT2D eigenvalue weighted by Crippen LogP contribution is 2.12. The predicted octanol–water partition coefficient (Wildman–Crippen LogP) is 0.556. The molecule has 0 bridgehead atoms. The molecule has 1 aromatic carbocycles. The maximum absolute atomic E-state index is 11.4. The van der Waals surface area contributed by atoms with Gasteiger partial charge in [0, 0.05) is 18.0 Å². The Bertz CT molecular complexity index is 501. The van der Waals surface area contributed by atoms with E-state index in [-0.39, 0.29) is 12.3 Å². The molecule has 3 N–H and O–H groups in total. The van der Waals surface area contributed by atoms with E-state index >= 15 is 0 Å². The topological polar surface area (TPSA) is 73.0 Å². The zero-order chi connectivity index (χ0) is 10.7. The Hall–Kier alpha value is -1.85. The Morgan fingerprint density at radius 2 is 2.20 bits per heavy atom. The molecule has 5 nitrogen and oxygen atoms in total. The second-order valence-corrected chi connectivity index (χ2v) is 3.07. The van der Waals surface area contributed by atoms with E-state index in [1.165, 1.54) is 4.57 Å². The van der Waals surface area contributed by atoms with Crippen LogP contribution in [0.4, 0.5) is 0 Å². The van der Waals surface area contributed by atoms with Gasteiger partial charge in [-0.1, -0.05) is 18.2 Å². The molecule has 1 heterocycles. The van der Waals surface area contributed by atoms with Gasteiger partial charge >= 0.3 is 5.69 Å². The van der Waals surface area contributed by atoms with Crippen molar-refractivity contribution >= 4 is 0 Å². The molecular formula is C10H11N3O2. The van der Waals surface area contributed by atoms with E-state index in [4.69, 9.17) is 5.90 Å². The lowest BCUT2D eigenvalue weighted by molar-refractivity contribution is 0.124. The summed E-state index contributed by atoms with van der Waals surface area (Å²) in [5.41, 5.74) is 1.45. The minimum absolute atomic E-state index is 0.181. The van der Waals surface area contributed by atoms with Gasteiger partial charge in [-0.05, 0) is 6.07 Å². The molecule has 15 heavy (non-hydrogen) atoms. The lowest BCUT2D eigenvalue weighted by Gasteiger charge is -2.07. The molecule has 0 saturated heterocycles. The molecule has 2 rings (SSSR count). The van der Waals surface area contributed by atoms with E-state index in [1.807, 2.05) is 24.3 Å². The minimum atomic E-state index is -0.181. The van der Waals surface area contributed by atoms with E-state index in [0.29, 0.717) is 0 Å². The van der Waals surface area contributed by atoms with Gasteiger partial charge in [-0.3, -0.25) is 9.40 Å². The van der Waals surface area contributed by atoms with Crippen molar-refractivity contribution < 1.29 is 4.84 Å². The summed E-state index contributed by atoms with van der Waals surface area (Å²) in [5, 5.41) is 0. The molecule has 0 atom stereocenters. The number of benzene rings is 1. The van der Waals surface area contributed by atoms with Crippen LogP contribution in [-0.2, 0) is 11.4 Å². The Balaban J connectivity index is 2.52. The van der Waals surface area contributed by atoms with Crippen molar-refractivity contribution in [1.29, 1.82) is 0 Å². The summed E-state index contributed by atoms with van der Waals surface area (Å²) in [6.07, 6.45) is 3.25. The first kappa shape index (κ1) is 9.70. The van der Waals surface area contributed by atoms with E-state index in [1.54, 1.807) is 12.4 Å². The monoisotopic (exact) mass is 205 g/mol. The number of hydrogen-bond acceptors (Lipinski definition) is 3. The molecule has 0 saturated carbocycles. The van der Waals surface area contributed by atoms with Crippen LogP contribution >= 0.6 is 0 Å². The van der Waals surface area contributed by atoms with E-state index in [0.717, 1.165) is 11.3 Å². The number of aromatic amines is 1. The van der Waals surface area contributed by atoms with Crippen molar-refractivity contribution in [2.24, 2.45) is 5.90 Å². The van der Waals surface area contributed by atoms with Crippen LogP contribution in [0.3, 0.4) is 0 Å². The molecule has 0 aliphatic carbocycles. The highest BCUT2D eigenvalue weighted by atomic mass is 16.6. The van der Waals surface area contributed by atoms with Gasteiger partial charge in [-0.2, -0.15) is 0 Å². The first-order valence-electron chi connectivity index (χ1n) is 4.49. The molecule has 0 amide bonds. The Labute approximate surface area is 86.1 Å². The third kappa shape index (κ3) is 1.83. The second-order valence-electron chi connectivity index (χ2n) is 3.07. The molecule has 78 valence electrons. The molecule has 0 aliphatic heterocycles. The van der Waals surface area contributed by atoms with Crippen LogP contribution in [0, 0.1) is 0 Å². The first-order chi connectivity index (χ1) is 7.33. The van der Waals surface area contributed by atoms with Crippen molar-refractivity contribution in [2.75, 3.05) is 0 Å². The normalized spacial score (nSPS) is 10.5. The average molecular weight is 205 g/mol. The number of nitrogens with two attached hydrogens (primary N) is 1. The molecule has 0 unspecified atom stereocenters. The zero-order valence-electron chi connectivity index (χ0n) is 8.01. The number of rotatable bonds is 3. The number of H-pyrrole nitrogens is 1. The summed E-state index contributed by atoms with van der Waals surface area (Å²) in [4.78, 5) is 18.6. The zero-order valence-corrected chi connectivity index (χ0v) is 8.01. The van der Waals surface area contributed by atoms with Gasteiger partial charge in [0.1, 0.15) is 0 Å². The highest BCUT2D eigenvalue weighted by molar-refractivity contribution is 5.40. The molecule has 2 aromatic rings. The predicted molar refractivity (Wildman–Crippen MR) is 55.4 cm³/mol. The standard InChI is InChI=1S/C10H11N3O2/c11-15-7-8-3-1-2-4-9(8)13-6-5-12-10(13)14/h1-6H,7,11H2,(H,12,14). The molecule has 0 fully saturated rings. The quantitative estimate of drug-likeness (QED) is 0.719. The van der Waals surface area contributed by atoms with Crippen molar-refractivity contribution in [1.82, 2.24) is 9.55 Å². The van der Waals surface area contributed by atoms with E-state index in [2.05, 4.69) is 9.82 Å². The molecule has 0 spiro atoms. The Morgan fingerprint density at radius 3 is 2.87 bits per heavy atom. The number of para-hydroxylation sites is 1. The summed E-state index contributed by atoms with van der Waals surface area (Å²) in [7, 11) is 0. The molecule has 1 aromatic heterocycles. The maximum Gasteiger partial charge on any atom is 0.330 e. The van der Waals surface area contributed by atoms with Crippen molar-refractivity contribution in [2.45, 2.75) is 6.61 Å². The number of hydrogen-bond donors (Lipinski definition) is 2. The van der Waals surface area contributed by atoms with Crippen LogP contribution < -0.4 is 11.6 Å². The SMILES string of the molecule is NOCc1ccccc1-n1cc[nH]c1=O. The van der Waals surface area contributed by atoms with Crippen molar-refractivity contribution in [3.8, 4) is 5.69 Å². The number of aromatic nitrogens is 2. The summed E-state index contributed by atoms with van der Waals surface area (Å²) < 4.78 is 1.51. The van der Waals surface area contributed by atoms with E-state index < -0.39 is 0 Å².